The van der Waals surface area contributed by atoms with Gasteiger partial charge in [-0.05, 0) is 46.3 Å². The number of phenolic OH excluding ortho intramolecular Hbond substituents is 1. The number of aromatic nitrogens is 1. The number of allylic oxidation sites excluding steroid dienone is 1. The number of nitrogens with zero attached hydrogens (tertiary/aromatic N) is 2. The maximum absolute atomic E-state index is 10.1. The van der Waals surface area contributed by atoms with Crippen molar-refractivity contribution in [3.8, 4) is 11.8 Å². The van der Waals surface area contributed by atoms with Gasteiger partial charge in [-0.3, -0.25) is 0 Å². The molecule has 0 aliphatic carbocycles. The Morgan fingerprint density at radius 1 is 1.27 bits per heavy atom. The van der Waals surface area contributed by atoms with E-state index in [0.717, 1.165) is 14.7 Å². The summed E-state index contributed by atoms with van der Waals surface area (Å²) in [7, 11) is 0. The Morgan fingerprint density at radius 2 is 2.05 bits per heavy atom. The first-order valence-corrected chi connectivity index (χ1v) is 8.64. The first-order valence-electron chi connectivity index (χ1n) is 6.24. The van der Waals surface area contributed by atoms with E-state index in [1.807, 2.05) is 24.3 Å². The monoisotopic (exact) mass is 434 g/mol. The highest BCUT2D eigenvalue weighted by Gasteiger charge is 2.11. The van der Waals surface area contributed by atoms with E-state index >= 15 is 0 Å². The normalized spacial score (nSPS) is 11.6. The quantitative estimate of drug-likeness (QED) is 0.533. The van der Waals surface area contributed by atoms with Crippen molar-refractivity contribution < 1.29 is 5.11 Å². The Kier molecular flexibility index (Phi) is 4.30. The van der Waals surface area contributed by atoms with Crippen LogP contribution in [0.1, 0.15) is 10.6 Å². The minimum Gasteiger partial charge on any atom is -0.506 e. The number of benzene rings is 2. The van der Waals surface area contributed by atoms with Crippen LogP contribution in [0, 0.1) is 11.3 Å². The predicted octanol–water partition coefficient (Wildman–Crippen LogP) is 5.59. The third-order valence-corrected chi connectivity index (χ3v) is 5.13. The molecule has 3 rings (SSSR count). The summed E-state index contributed by atoms with van der Waals surface area (Å²) in [5, 5.41) is 20.2. The van der Waals surface area contributed by atoms with Gasteiger partial charge in [-0.1, -0.05) is 28.1 Å². The minimum atomic E-state index is 0.0945. The van der Waals surface area contributed by atoms with Crippen LogP contribution >= 0.6 is 43.2 Å². The second kappa shape index (κ2) is 6.21. The molecule has 0 bridgehead atoms. The molecule has 0 saturated heterocycles. The summed E-state index contributed by atoms with van der Waals surface area (Å²) in [6.07, 6.45) is 1.64. The van der Waals surface area contributed by atoms with Crippen molar-refractivity contribution in [3.63, 3.8) is 0 Å². The van der Waals surface area contributed by atoms with Gasteiger partial charge in [-0.25, -0.2) is 4.98 Å². The summed E-state index contributed by atoms with van der Waals surface area (Å²) in [6.45, 7) is 0. The van der Waals surface area contributed by atoms with E-state index in [2.05, 4.69) is 42.9 Å². The lowest BCUT2D eigenvalue weighted by molar-refractivity contribution is 0.470. The molecular weight excluding hydrogens is 428 g/mol. The van der Waals surface area contributed by atoms with Gasteiger partial charge >= 0.3 is 0 Å². The Bertz CT molecular complexity index is 908. The van der Waals surface area contributed by atoms with Crippen LogP contribution in [0.25, 0.3) is 21.9 Å². The number of fused-ring (bicyclic) bond motifs is 1. The molecule has 1 aromatic heterocycles. The van der Waals surface area contributed by atoms with Crippen LogP contribution in [-0.4, -0.2) is 10.1 Å². The van der Waals surface area contributed by atoms with E-state index in [-0.39, 0.29) is 5.75 Å². The van der Waals surface area contributed by atoms with Crippen molar-refractivity contribution in [1.82, 2.24) is 4.98 Å². The molecule has 0 aliphatic heterocycles. The summed E-state index contributed by atoms with van der Waals surface area (Å²) in [6, 6.07) is 13.4. The molecule has 1 heterocycles. The lowest BCUT2D eigenvalue weighted by atomic mass is 10.1. The molecule has 1 N–H and O–H groups in total. The van der Waals surface area contributed by atoms with Crippen molar-refractivity contribution in [3.05, 3.63) is 55.9 Å². The highest BCUT2D eigenvalue weighted by molar-refractivity contribution is 9.11. The highest BCUT2D eigenvalue weighted by Crippen LogP contribution is 2.35. The van der Waals surface area contributed by atoms with E-state index in [9.17, 15) is 10.4 Å². The molecule has 0 radical (unpaired) electrons. The number of phenols is 1. The van der Waals surface area contributed by atoms with Crippen LogP contribution < -0.4 is 0 Å². The summed E-state index contributed by atoms with van der Waals surface area (Å²) in [5.41, 5.74) is 1.84. The van der Waals surface area contributed by atoms with Gasteiger partial charge in [0.15, 0.2) is 0 Å². The smallest absolute Gasteiger partial charge is 0.137 e. The molecule has 3 aromatic rings. The van der Waals surface area contributed by atoms with E-state index in [0.29, 0.717) is 20.6 Å². The van der Waals surface area contributed by atoms with Crippen LogP contribution in [0.3, 0.4) is 0 Å². The zero-order valence-corrected chi connectivity index (χ0v) is 15.0. The number of hydrogen-bond acceptors (Lipinski definition) is 4. The fourth-order valence-electron chi connectivity index (χ4n) is 1.98. The fraction of sp³-hybridized carbons (Fsp3) is 0. The Labute approximate surface area is 147 Å². The zero-order chi connectivity index (χ0) is 15.7. The molecule has 22 heavy (non-hydrogen) atoms. The number of nitriles is 1. The first kappa shape index (κ1) is 15.2. The van der Waals surface area contributed by atoms with Gasteiger partial charge in [0.2, 0.25) is 0 Å². The second-order valence-electron chi connectivity index (χ2n) is 4.48. The first-order chi connectivity index (χ1) is 10.6. The summed E-state index contributed by atoms with van der Waals surface area (Å²) in [5.74, 6) is 0.0945. The van der Waals surface area contributed by atoms with Gasteiger partial charge in [0.1, 0.15) is 16.8 Å². The lowest BCUT2D eigenvalue weighted by Gasteiger charge is -2.03. The van der Waals surface area contributed by atoms with Crippen molar-refractivity contribution in [2.24, 2.45) is 0 Å². The zero-order valence-electron chi connectivity index (χ0n) is 11.0. The van der Waals surface area contributed by atoms with Crippen LogP contribution in [0.2, 0.25) is 0 Å². The maximum atomic E-state index is 10.1. The number of hydrogen-bond donors (Lipinski definition) is 1. The summed E-state index contributed by atoms with van der Waals surface area (Å²) in [4.78, 5) is 4.48. The average molecular weight is 436 g/mol. The summed E-state index contributed by atoms with van der Waals surface area (Å²) < 4.78 is 2.40. The molecule has 2 aromatic carbocycles. The molecule has 108 valence electrons. The Balaban J connectivity index is 2.13. The predicted molar refractivity (Wildman–Crippen MR) is 96.6 cm³/mol. The largest absolute Gasteiger partial charge is 0.506 e. The topological polar surface area (TPSA) is 56.9 Å². The van der Waals surface area contributed by atoms with E-state index in [1.54, 1.807) is 18.2 Å². The SMILES string of the molecule is N#C/C(=C\c1cc(Br)cc(Br)c1O)c1nc2ccccc2s1. The lowest BCUT2D eigenvalue weighted by Crippen LogP contribution is -1.83. The average Bonchev–Trinajstić information content (AvgIpc) is 2.93. The number of rotatable bonds is 2. The number of thiazole rings is 1. The molecule has 0 atom stereocenters. The van der Waals surface area contributed by atoms with Gasteiger partial charge in [0.05, 0.1) is 20.3 Å². The van der Waals surface area contributed by atoms with Crippen LogP contribution in [-0.2, 0) is 0 Å². The van der Waals surface area contributed by atoms with Gasteiger partial charge in [0.25, 0.3) is 0 Å². The molecule has 0 amide bonds. The molecule has 0 fully saturated rings. The fourth-order valence-corrected chi connectivity index (χ4v) is 4.17. The molecule has 0 saturated carbocycles. The highest BCUT2D eigenvalue weighted by atomic mass is 79.9. The number of para-hydroxylation sites is 1. The number of halogens is 2. The van der Waals surface area contributed by atoms with Crippen molar-refractivity contribution in [2.45, 2.75) is 0 Å². The van der Waals surface area contributed by atoms with Crippen molar-refractivity contribution in [2.75, 3.05) is 0 Å². The molecule has 0 unspecified atom stereocenters. The van der Waals surface area contributed by atoms with Crippen molar-refractivity contribution in [1.29, 1.82) is 5.26 Å². The van der Waals surface area contributed by atoms with E-state index < -0.39 is 0 Å². The second-order valence-corrected chi connectivity index (χ2v) is 7.28. The van der Waals surface area contributed by atoms with Gasteiger partial charge in [0, 0.05) is 10.0 Å². The number of aromatic hydroxyl groups is 1. The van der Waals surface area contributed by atoms with Gasteiger partial charge < -0.3 is 5.11 Å². The van der Waals surface area contributed by atoms with E-state index in [1.165, 1.54) is 11.3 Å². The van der Waals surface area contributed by atoms with Crippen LogP contribution in [0.15, 0.2) is 45.3 Å². The molecule has 6 heteroatoms. The molecule has 0 spiro atoms. The van der Waals surface area contributed by atoms with Crippen molar-refractivity contribution >= 4 is 65.1 Å². The molecule has 3 nitrogen and oxygen atoms in total. The van der Waals surface area contributed by atoms with Crippen LogP contribution in [0.5, 0.6) is 5.75 Å². The Hall–Kier alpha value is -1.68. The van der Waals surface area contributed by atoms with Gasteiger partial charge in [-0.15, -0.1) is 11.3 Å². The summed E-state index contributed by atoms with van der Waals surface area (Å²) >= 11 is 8.12. The van der Waals surface area contributed by atoms with Gasteiger partial charge in [-0.2, -0.15) is 5.26 Å². The minimum absolute atomic E-state index is 0.0945. The standard InChI is InChI=1S/C16H8Br2N2OS/c17-11-6-9(15(21)12(18)7-11)5-10(8-19)16-20-13-3-1-2-4-14(13)22-16/h1-7,21H/b10-5+. The molecule has 0 aliphatic rings. The Morgan fingerprint density at radius 3 is 2.77 bits per heavy atom. The maximum Gasteiger partial charge on any atom is 0.137 e. The van der Waals surface area contributed by atoms with Crippen LogP contribution in [0.4, 0.5) is 0 Å². The van der Waals surface area contributed by atoms with E-state index in [4.69, 9.17) is 0 Å². The third kappa shape index (κ3) is 2.93. The molecular formula is C16H8Br2N2OS. The third-order valence-electron chi connectivity index (χ3n) is 3.00.